The number of carbonyl (C=O) groups is 1. The Morgan fingerprint density at radius 3 is 2.71 bits per heavy atom. The first-order valence-corrected chi connectivity index (χ1v) is 8.76. The normalized spacial score (nSPS) is 11.2. The minimum absolute atomic E-state index is 0.00653. The molecular weight excluding hydrogens is 330 g/mol. The number of aromatic nitrogens is 4. The van der Waals surface area contributed by atoms with Gasteiger partial charge in [0.25, 0.3) is 5.91 Å². The molecule has 0 unspecified atom stereocenters. The molecule has 9 heteroatoms. The van der Waals surface area contributed by atoms with Gasteiger partial charge in [0, 0.05) is 18.0 Å². The summed E-state index contributed by atoms with van der Waals surface area (Å²) >= 11 is 0. The van der Waals surface area contributed by atoms with E-state index in [1.54, 1.807) is 47.7 Å². The minimum atomic E-state index is -3.64. The summed E-state index contributed by atoms with van der Waals surface area (Å²) < 4.78 is 25.8. The van der Waals surface area contributed by atoms with Gasteiger partial charge in [-0.25, -0.2) is 22.8 Å². The maximum atomic E-state index is 11.9. The lowest BCUT2D eigenvalue weighted by atomic mass is 10.2. The second-order valence-corrected chi connectivity index (χ2v) is 6.74. The van der Waals surface area contributed by atoms with Crippen LogP contribution in [0.25, 0.3) is 16.9 Å². The van der Waals surface area contributed by atoms with Gasteiger partial charge in [-0.1, -0.05) is 6.07 Å². The first-order chi connectivity index (χ1) is 11.4. The Bertz CT molecular complexity index is 983. The molecule has 0 radical (unpaired) electrons. The van der Waals surface area contributed by atoms with Gasteiger partial charge < -0.3 is 0 Å². The van der Waals surface area contributed by atoms with E-state index in [1.807, 2.05) is 10.8 Å². The van der Waals surface area contributed by atoms with Crippen LogP contribution in [-0.4, -0.2) is 40.3 Å². The molecule has 0 aliphatic heterocycles. The van der Waals surface area contributed by atoms with E-state index >= 15 is 0 Å². The fraction of sp³-hybridized carbons (Fsp3) is 0.0667. The van der Waals surface area contributed by atoms with Crippen LogP contribution in [0, 0.1) is 0 Å². The predicted molar refractivity (Wildman–Crippen MR) is 86.9 cm³/mol. The first-order valence-electron chi connectivity index (χ1n) is 6.87. The lowest BCUT2D eigenvalue weighted by Gasteiger charge is -2.03. The van der Waals surface area contributed by atoms with Crippen LogP contribution in [0.2, 0.25) is 0 Å². The third kappa shape index (κ3) is 3.63. The second-order valence-electron chi connectivity index (χ2n) is 5.00. The third-order valence-corrected chi connectivity index (χ3v) is 3.60. The van der Waals surface area contributed by atoms with Crippen molar-refractivity contribution in [2.24, 2.45) is 0 Å². The molecule has 3 heterocycles. The molecule has 3 rings (SSSR count). The SMILES string of the molecule is CS(=O)(=O)NC(=O)c1cccc(-c2cnn(-c3cccnc3)c2)n1. The molecule has 0 fully saturated rings. The van der Waals surface area contributed by atoms with Crippen molar-refractivity contribution in [3.05, 3.63) is 60.8 Å². The van der Waals surface area contributed by atoms with E-state index in [9.17, 15) is 13.2 Å². The monoisotopic (exact) mass is 343 g/mol. The Morgan fingerprint density at radius 2 is 2.00 bits per heavy atom. The molecule has 0 spiro atoms. The van der Waals surface area contributed by atoms with Gasteiger partial charge in [-0.3, -0.25) is 9.78 Å². The molecule has 0 saturated carbocycles. The van der Waals surface area contributed by atoms with Gasteiger partial charge in [-0.05, 0) is 24.3 Å². The van der Waals surface area contributed by atoms with E-state index in [2.05, 4.69) is 15.1 Å². The van der Waals surface area contributed by atoms with Crippen molar-refractivity contribution in [1.29, 1.82) is 0 Å². The molecule has 0 bridgehead atoms. The number of carbonyl (C=O) groups excluding carboxylic acids is 1. The molecular formula is C15H13N5O3S. The lowest BCUT2D eigenvalue weighted by Crippen LogP contribution is -2.30. The number of nitrogens with zero attached hydrogens (tertiary/aromatic N) is 4. The highest BCUT2D eigenvalue weighted by Gasteiger charge is 2.14. The van der Waals surface area contributed by atoms with Crippen LogP contribution >= 0.6 is 0 Å². The minimum Gasteiger partial charge on any atom is -0.266 e. The number of hydrogen-bond donors (Lipinski definition) is 1. The summed E-state index contributed by atoms with van der Waals surface area (Å²) in [5.41, 5.74) is 1.99. The summed E-state index contributed by atoms with van der Waals surface area (Å²) in [6, 6.07) is 8.43. The summed E-state index contributed by atoms with van der Waals surface area (Å²) in [5.74, 6) is -0.779. The first kappa shape index (κ1) is 15.8. The zero-order chi connectivity index (χ0) is 17.2. The molecule has 3 aromatic heterocycles. The van der Waals surface area contributed by atoms with Crippen LogP contribution in [0.4, 0.5) is 0 Å². The van der Waals surface area contributed by atoms with Crippen LogP contribution in [0.3, 0.4) is 0 Å². The van der Waals surface area contributed by atoms with Crippen molar-refractivity contribution in [3.8, 4) is 16.9 Å². The third-order valence-electron chi connectivity index (χ3n) is 3.05. The van der Waals surface area contributed by atoms with E-state index in [-0.39, 0.29) is 5.69 Å². The average Bonchev–Trinajstić information content (AvgIpc) is 3.04. The Kier molecular flexibility index (Phi) is 4.09. The van der Waals surface area contributed by atoms with Crippen LogP contribution in [0.5, 0.6) is 0 Å². The van der Waals surface area contributed by atoms with Crippen molar-refractivity contribution >= 4 is 15.9 Å². The van der Waals surface area contributed by atoms with E-state index in [4.69, 9.17) is 0 Å². The number of nitrogens with one attached hydrogen (secondary N) is 1. The molecule has 1 amide bonds. The summed E-state index contributed by atoms with van der Waals surface area (Å²) in [5, 5.41) is 4.24. The zero-order valence-corrected chi connectivity index (χ0v) is 13.4. The van der Waals surface area contributed by atoms with Crippen LogP contribution in [0.1, 0.15) is 10.5 Å². The summed E-state index contributed by atoms with van der Waals surface area (Å²) in [4.78, 5) is 20.1. The van der Waals surface area contributed by atoms with Crippen molar-refractivity contribution in [3.63, 3.8) is 0 Å². The maximum absolute atomic E-state index is 11.9. The topological polar surface area (TPSA) is 107 Å². The fourth-order valence-electron chi connectivity index (χ4n) is 2.03. The molecule has 8 nitrogen and oxygen atoms in total. The number of sulfonamides is 1. The Hall–Kier alpha value is -3.07. The van der Waals surface area contributed by atoms with Crippen molar-refractivity contribution in [2.75, 3.05) is 6.26 Å². The van der Waals surface area contributed by atoms with E-state index in [0.717, 1.165) is 11.9 Å². The lowest BCUT2D eigenvalue weighted by molar-refractivity contribution is 0.0977. The van der Waals surface area contributed by atoms with E-state index in [1.165, 1.54) is 6.07 Å². The summed E-state index contributed by atoms with van der Waals surface area (Å²) in [6.07, 6.45) is 7.59. The van der Waals surface area contributed by atoms with Gasteiger partial charge in [0.1, 0.15) is 5.69 Å². The zero-order valence-electron chi connectivity index (χ0n) is 12.6. The maximum Gasteiger partial charge on any atom is 0.283 e. The largest absolute Gasteiger partial charge is 0.283 e. The van der Waals surface area contributed by atoms with Gasteiger partial charge in [0.05, 0.1) is 30.0 Å². The number of amides is 1. The molecule has 0 aliphatic carbocycles. The van der Waals surface area contributed by atoms with Gasteiger partial charge in [0.2, 0.25) is 10.0 Å². The van der Waals surface area contributed by atoms with Crippen LogP contribution in [0.15, 0.2) is 55.1 Å². The number of hydrogen-bond acceptors (Lipinski definition) is 6. The molecule has 3 aromatic rings. The standard InChI is InChI=1S/C15H13N5O3S/c1-24(22,23)19-15(21)14-6-2-5-13(18-14)11-8-17-20(10-11)12-4-3-7-16-9-12/h2-10H,1H3,(H,19,21). The second kappa shape index (κ2) is 6.20. The quantitative estimate of drug-likeness (QED) is 0.758. The average molecular weight is 343 g/mol. The van der Waals surface area contributed by atoms with Gasteiger partial charge in [-0.15, -0.1) is 0 Å². The van der Waals surface area contributed by atoms with Crippen molar-refractivity contribution in [1.82, 2.24) is 24.5 Å². The Morgan fingerprint density at radius 1 is 1.17 bits per heavy atom. The highest BCUT2D eigenvalue weighted by Crippen LogP contribution is 2.18. The number of rotatable bonds is 4. The van der Waals surface area contributed by atoms with E-state index in [0.29, 0.717) is 11.3 Å². The summed E-state index contributed by atoms with van der Waals surface area (Å²) in [6.45, 7) is 0. The highest BCUT2D eigenvalue weighted by atomic mass is 32.2. The molecule has 0 atom stereocenters. The van der Waals surface area contributed by atoms with Crippen LogP contribution < -0.4 is 4.72 Å². The highest BCUT2D eigenvalue weighted by molar-refractivity contribution is 7.89. The van der Waals surface area contributed by atoms with Gasteiger partial charge in [0.15, 0.2) is 0 Å². The predicted octanol–water partition coefficient (Wildman–Crippen LogP) is 1.02. The summed E-state index contributed by atoms with van der Waals surface area (Å²) in [7, 11) is -3.64. The fourth-order valence-corrected chi connectivity index (χ4v) is 2.47. The van der Waals surface area contributed by atoms with E-state index < -0.39 is 15.9 Å². The Balaban J connectivity index is 1.90. The number of pyridine rings is 2. The van der Waals surface area contributed by atoms with Crippen molar-refractivity contribution in [2.45, 2.75) is 0 Å². The van der Waals surface area contributed by atoms with Crippen molar-refractivity contribution < 1.29 is 13.2 Å². The van der Waals surface area contributed by atoms with Gasteiger partial charge in [-0.2, -0.15) is 5.10 Å². The Labute approximate surface area is 138 Å². The molecule has 122 valence electrons. The van der Waals surface area contributed by atoms with Gasteiger partial charge >= 0.3 is 0 Å². The molecule has 24 heavy (non-hydrogen) atoms. The smallest absolute Gasteiger partial charge is 0.266 e. The molecule has 1 N–H and O–H groups in total. The van der Waals surface area contributed by atoms with Crippen LogP contribution in [-0.2, 0) is 10.0 Å². The molecule has 0 aliphatic rings. The molecule has 0 saturated heterocycles. The molecule has 0 aromatic carbocycles.